The zero-order valence-corrected chi connectivity index (χ0v) is 16.1. The Labute approximate surface area is 157 Å². The van der Waals surface area contributed by atoms with Gasteiger partial charge < -0.3 is 14.4 Å². The molecule has 0 radical (unpaired) electrons. The lowest BCUT2D eigenvalue weighted by atomic mass is 10.3. The molecule has 1 aliphatic heterocycles. The third-order valence-electron chi connectivity index (χ3n) is 4.22. The van der Waals surface area contributed by atoms with Gasteiger partial charge in [-0.15, -0.1) is 10.2 Å². The second kappa shape index (κ2) is 7.65. The standard InChI is InChI=1S/C17H21FN4O4S/c1-21(2)16-6-7-17(20-19-16)26-13-8-9-22(11-13)27(23,24)15-10-12(18)4-5-14(15)25-3/h4-7,10,13H,8-9,11H2,1-3H3. The summed E-state index contributed by atoms with van der Waals surface area (Å²) in [7, 11) is 1.15. The number of halogens is 1. The number of nitrogens with zero attached hydrogens (tertiary/aromatic N) is 4. The summed E-state index contributed by atoms with van der Waals surface area (Å²) in [4.78, 5) is 1.62. The topological polar surface area (TPSA) is 84.9 Å². The molecule has 1 unspecified atom stereocenters. The molecule has 0 amide bonds. The lowest BCUT2D eigenvalue weighted by molar-refractivity contribution is 0.204. The molecule has 1 aliphatic rings. The maximum atomic E-state index is 13.6. The lowest BCUT2D eigenvalue weighted by Gasteiger charge is -2.18. The predicted octanol–water partition coefficient (Wildman–Crippen LogP) is 1.53. The Morgan fingerprint density at radius 2 is 2.00 bits per heavy atom. The van der Waals surface area contributed by atoms with E-state index in [0.717, 1.165) is 12.1 Å². The number of sulfonamides is 1. The van der Waals surface area contributed by atoms with Crippen LogP contribution in [-0.4, -0.2) is 63.3 Å². The first-order chi connectivity index (χ1) is 12.8. The summed E-state index contributed by atoms with van der Waals surface area (Å²) in [6.45, 7) is 0.398. The smallest absolute Gasteiger partial charge is 0.246 e. The molecule has 1 fully saturated rings. The number of methoxy groups -OCH3 is 1. The van der Waals surface area contributed by atoms with Crippen molar-refractivity contribution in [3.8, 4) is 11.6 Å². The number of rotatable bonds is 6. The fraction of sp³-hybridized carbons (Fsp3) is 0.412. The van der Waals surface area contributed by atoms with Gasteiger partial charge in [0.2, 0.25) is 15.9 Å². The largest absolute Gasteiger partial charge is 0.495 e. The Morgan fingerprint density at radius 1 is 1.22 bits per heavy atom. The average molecular weight is 396 g/mol. The van der Waals surface area contributed by atoms with Crippen LogP contribution >= 0.6 is 0 Å². The fourth-order valence-electron chi connectivity index (χ4n) is 2.79. The molecule has 1 aromatic heterocycles. The highest BCUT2D eigenvalue weighted by molar-refractivity contribution is 7.89. The lowest BCUT2D eigenvalue weighted by Crippen LogP contribution is -2.31. The van der Waals surface area contributed by atoms with E-state index in [1.807, 2.05) is 19.0 Å². The summed E-state index contributed by atoms with van der Waals surface area (Å²) in [6.07, 6.45) is 0.132. The van der Waals surface area contributed by atoms with Gasteiger partial charge in [-0.2, -0.15) is 4.31 Å². The van der Waals surface area contributed by atoms with Crippen molar-refractivity contribution in [2.24, 2.45) is 0 Å². The van der Waals surface area contributed by atoms with Crippen molar-refractivity contribution >= 4 is 15.8 Å². The zero-order chi connectivity index (χ0) is 19.6. The van der Waals surface area contributed by atoms with Crippen molar-refractivity contribution in [2.45, 2.75) is 17.4 Å². The summed E-state index contributed by atoms with van der Waals surface area (Å²) < 4.78 is 51.4. The molecule has 146 valence electrons. The van der Waals surface area contributed by atoms with E-state index in [9.17, 15) is 12.8 Å². The quantitative estimate of drug-likeness (QED) is 0.732. The number of aromatic nitrogens is 2. The molecule has 2 aromatic rings. The van der Waals surface area contributed by atoms with Crippen LogP contribution in [0.15, 0.2) is 35.2 Å². The molecule has 0 spiro atoms. The molecule has 0 saturated carbocycles. The van der Waals surface area contributed by atoms with Crippen LogP contribution in [0.25, 0.3) is 0 Å². The Kier molecular flexibility index (Phi) is 5.47. The summed E-state index contributed by atoms with van der Waals surface area (Å²) in [6, 6.07) is 6.88. The van der Waals surface area contributed by atoms with Crippen LogP contribution in [0, 0.1) is 5.82 Å². The zero-order valence-electron chi connectivity index (χ0n) is 15.3. The van der Waals surface area contributed by atoms with Crippen LogP contribution in [0.2, 0.25) is 0 Å². The van der Waals surface area contributed by atoms with Gasteiger partial charge in [-0.1, -0.05) is 0 Å². The van der Waals surface area contributed by atoms with Gasteiger partial charge in [-0.25, -0.2) is 12.8 Å². The molecule has 0 N–H and O–H groups in total. The van der Waals surface area contributed by atoms with Crippen LogP contribution < -0.4 is 14.4 Å². The monoisotopic (exact) mass is 396 g/mol. The molecule has 2 heterocycles. The Bertz CT molecular complexity index is 906. The minimum atomic E-state index is -3.90. The van der Waals surface area contributed by atoms with Gasteiger partial charge in [0.25, 0.3) is 0 Å². The Balaban J connectivity index is 1.72. The minimum absolute atomic E-state index is 0.103. The first kappa shape index (κ1) is 19.3. The minimum Gasteiger partial charge on any atom is -0.495 e. The number of hydrogen-bond acceptors (Lipinski definition) is 7. The first-order valence-electron chi connectivity index (χ1n) is 8.32. The number of hydrogen-bond donors (Lipinski definition) is 0. The second-order valence-corrected chi connectivity index (χ2v) is 8.22. The molecule has 1 saturated heterocycles. The normalized spacial score (nSPS) is 17.7. The number of benzene rings is 1. The van der Waals surface area contributed by atoms with Crippen LogP contribution in [0.5, 0.6) is 11.6 Å². The molecule has 10 heteroatoms. The van der Waals surface area contributed by atoms with E-state index < -0.39 is 15.8 Å². The Morgan fingerprint density at radius 3 is 2.63 bits per heavy atom. The SMILES string of the molecule is COc1ccc(F)cc1S(=O)(=O)N1CCC(Oc2ccc(N(C)C)nn2)C1. The van der Waals surface area contributed by atoms with E-state index in [0.29, 0.717) is 18.1 Å². The van der Waals surface area contributed by atoms with Crippen molar-refractivity contribution in [3.63, 3.8) is 0 Å². The third-order valence-corrected chi connectivity index (χ3v) is 6.11. The molecule has 1 aromatic carbocycles. The van der Waals surface area contributed by atoms with E-state index in [1.54, 1.807) is 12.1 Å². The molecule has 8 nitrogen and oxygen atoms in total. The van der Waals surface area contributed by atoms with Gasteiger partial charge in [0.15, 0.2) is 5.82 Å². The molecular weight excluding hydrogens is 375 g/mol. The summed E-state index contributed by atoms with van der Waals surface area (Å²) in [5, 5.41) is 8.03. The van der Waals surface area contributed by atoms with Gasteiger partial charge >= 0.3 is 0 Å². The van der Waals surface area contributed by atoms with E-state index in [-0.39, 0.29) is 29.8 Å². The summed E-state index contributed by atoms with van der Waals surface area (Å²) in [5.41, 5.74) is 0. The molecule has 0 bridgehead atoms. The van der Waals surface area contributed by atoms with Crippen molar-refractivity contribution in [1.82, 2.24) is 14.5 Å². The van der Waals surface area contributed by atoms with E-state index in [4.69, 9.17) is 9.47 Å². The maximum absolute atomic E-state index is 13.6. The third kappa shape index (κ3) is 4.11. The predicted molar refractivity (Wildman–Crippen MR) is 97.1 cm³/mol. The van der Waals surface area contributed by atoms with Gasteiger partial charge in [0, 0.05) is 26.7 Å². The molecule has 0 aliphatic carbocycles. The number of ether oxygens (including phenoxy) is 2. The van der Waals surface area contributed by atoms with Crippen LogP contribution in [0.4, 0.5) is 10.2 Å². The van der Waals surface area contributed by atoms with Gasteiger partial charge in [-0.3, -0.25) is 0 Å². The molecular formula is C17H21FN4O4S. The highest BCUT2D eigenvalue weighted by atomic mass is 32.2. The molecule has 3 rings (SSSR count). The highest BCUT2D eigenvalue weighted by Crippen LogP contribution is 2.30. The van der Waals surface area contributed by atoms with Crippen LogP contribution in [-0.2, 0) is 10.0 Å². The van der Waals surface area contributed by atoms with E-state index in [2.05, 4.69) is 10.2 Å². The van der Waals surface area contributed by atoms with Crippen molar-refractivity contribution < 1.29 is 22.3 Å². The van der Waals surface area contributed by atoms with Crippen molar-refractivity contribution in [3.05, 3.63) is 36.1 Å². The summed E-state index contributed by atoms with van der Waals surface area (Å²) in [5.74, 6) is 0.480. The van der Waals surface area contributed by atoms with Gasteiger partial charge in [0.1, 0.15) is 22.6 Å². The Hall–Kier alpha value is -2.46. The fourth-order valence-corrected chi connectivity index (χ4v) is 4.44. The van der Waals surface area contributed by atoms with Crippen LogP contribution in [0.1, 0.15) is 6.42 Å². The maximum Gasteiger partial charge on any atom is 0.246 e. The van der Waals surface area contributed by atoms with Gasteiger partial charge in [0.05, 0.1) is 13.7 Å². The van der Waals surface area contributed by atoms with Crippen LogP contribution in [0.3, 0.4) is 0 Å². The highest BCUT2D eigenvalue weighted by Gasteiger charge is 2.35. The first-order valence-corrected chi connectivity index (χ1v) is 9.76. The molecule has 1 atom stereocenters. The average Bonchev–Trinajstić information content (AvgIpc) is 3.11. The number of anilines is 1. The van der Waals surface area contributed by atoms with E-state index in [1.165, 1.54) is 17.5 Å². The van der Waals surface area contributed by atoms with Crippen molar-refractivity contribution in [2.75, 3.05) is 39.2 Å². The van der Waals surface area contributed by atoms with Gasteiger partial charge in [-0.05, 0) is 30.7 Å². The summed E-state index contributed by atoms with van der Waals surface area (Å²) >= 11 is 0. The van der Waals surface area contributed by atoms with Crippen molar-refractivity contribution in [1.29, 1.82) is 0 Å². The molecule has 27 heavy (non-hydrogen) atoms. The van der Waals surface area contributed by atoms with E-state index >= 15 is 0 Å². The second-order valence-electron chi connectivity index (χ2n) is 6.31.